The van der Waals surface area contributed by atoms with Crippen molar-refractivity contribution in [2.75, 3.05) is 7.11 Å². The molecule has 0 saturated heterocycles. The minimum absolute atomic E-state index is 0.0353. The molecule has 0 heterocycles. The molecule has 80 valence electrons. The Hall–Kier alpha value is -1.62. The zero-order valence-corrected chi connectivity index (χ0v) is 8.65. The third-order valence-electron chi connectivity index (χ3n) is 1.78. The molecule has 1 aromatic carbocycles. The average molecular weight is 230 g/mol. The predicted octanol–water partition coefficient (Wildman–Crippen LogP) is 1.91. The van der Waals surface area contributed by atoms with Crippen molar-refractivity contribution < 1.29 is 14.5 Å². The van der Waals surface area contributed by atoms with Crippen LogP contribution in [0.5, 0.6) is 5.75 Å². The number of ether oxygens (including phenoxy) is 1. The van der Waals surface area contributed by atoms with E-state index >= 15 is 0 Å². The molecule has 1 rings (SSSR count). The summed E-state index contributed by atoms with van der Waals surface area (Å²) in [6, 6.07) is 4.28. The van der Waals surface area contributed by atoms with Gasteiger partial charge >= 0.3 is 5.69 Å². The first-order valence-electron chi connectivity index (χ1n) is 4.04. The van der Waals surface area contributed by atoms with Crippen molar-refractivity contribution in [3.63, 3.8) is 0 Å². The fraction of sp³-hybridized carbons (Fsp3) is 0.222. The number of nitro groups is 1. The van der Waals surface area contributed by atoms with Gasteiger partial charge < -0.3 is 4.74 Å². The van der Waals surface area contributed by atoms with Crippen LogP contribution in [-0.2, 0) is 11.2 Å². The molecule has 0 fully saturated rings. The molecule has 0 bridgehead atoms. The fourth-order valence-corrected chi connectivity index (χ4v) is 1.30. The number of rotatable bonds is 4. The summed E-state index contributed by atoms with van der Waals surface area (Å²) in [4.78, 5) is 20.7. The van der Waals surface area contributed by atoms with E-state index in [1.807, 2.05) is 0 Å². The highest BCUT2D eigenvalue weighted by Crippen LogP contribution is 2.27. The normalized spacial score (nSPS) is 9.73. The van der Waals surface area contributed by atoms with Crippen molar-refractivity contribution in [3.8, 4) is 5.75 Å². The number of hydrogen-bond donors (Lipinski definition) is 0. The standard InChI is InChI=1S/C9H8ClNO4/c1-15-8-3-2-6(5-9(10)12)4-7(8)11(13)14/h2-4H,5H2,1H3. The second-order valence-electron chi connectivity index (χ2n) is 2.80. The second-order valence-corrected chi connectivity index (χ2v) is 3.22. The summed E-state index contributed by atoms with van der Waals surface area (Å²) in [5, 5.41) is 10.1. The van der Waals surface area contributed by atoms with Gasteiger partial charge in [0.25, 0.3) is 0 Å². The zero-order chi connectivity index (χ0) is 11.4. The van der Waals surface area contributed by atoms with Crippen LogP contribution in [0.25, 0.3) is 0 Å². The van der Waals surface area contributed by atoms with Gasteiger partial charge in [0.15, 0.2) is 5.75 Å². The molecule has 0 aromatic heterocycles. The molecular formula is C9H8ClNO4. The molecule has 1 aromatic rings. The van der Waals surface area contributed by atoms with Crippen LogP contribution < -0.4 is 4.74 Å². The number of halogens is 1. The van der Waals surface area contributed by atoms with Crippen molar-refractivity contribution in [3.05, 3.63) is 33.9 Å². The quantitative estimate of drug-likeness (QED) is 0.449. The first-order chi connectivity index (χ1) is 7.04. The molecule has 0 spiro atoms. The summed E-state index contributed by atoms with van der Waals surface area (Å²) in [5.41, 5.74) is 0.315. The lowest BCUT2D eigenvalue weighted by Gasteiger charge is -2.02. The van der Waals surface area contributed by atoms with Gasteiger partial charge in [0.2, 0.25) is 5.24 Å². The Morgan fingerprint density at radius 1 is 1.60 bits per heavy atom. The molecule has 0 aliphatic rings. The van der Waals surface area contributed by atoms with Gasteiger partial charge in [-0.25, -0.2) is 0 Å². The number of hydrogen-bond acceptors (Lipinski definition) is 4. The maximum atomic E-state index is 10.6. The van der Waals surface area contributed by atoms with E-state index in [9.17, 15) is 14.9 Å². The van der Waals surface area contributed by atoms with E-state index in [1.165, 1.54) is 19.2 Å². The van der Waals surface area contributed by atoms with E-state index in [0.717, 1.165) is 0 Å². The molecule has 0 atom stereocenters. The number of carbonyl (C=O) groups excluding carboxylic acids is 1. The van der Waals surface area contributed by atoms with Crippen LogP contribution >= 0.6 is 11.6 Å². The van der Waals surface area contributed by atoms with Gasteiger partial charge in [-0.1, -0.05) is 6.07 Å². The third kappa shape index (κ3) is 2.92. The summed E-state index contributed by atoms with van der Waals surface area (Å²) >= 11 is 5.18. The van der Waals surface area contributed by atoms with Gasteiger partial charge in [-0.2, -0.15) is 0 Å². The Bertz CT molecular complexity index is 405. The molecule has 0 aliphatic carbocycles. The lowest BCUT2D eigenvalue weighted by Crippen LogP contribution is -1.98. The Labute approximate surface area is 90.8 Å². The molecule has 6 heteroatoms. The molecule has 0 amide bonds. The highest BCUT2D eigenvalue weighted by molar-refractivity contribution is 6.63. The monoisotopic (exact) mass is 229 g/mol. The van der Waals surface area contributed by atoms with Crippen LogP contribution in [0, 0.1) is 10.1 Å². The van der Waals surface area contributed by atoms with Crippen LogP contribution in [0.2, 0.25) is 0 Å². The van der Waals surface area contributed by atoms with Crippen LogP contribution in [0.3, 0.4) is 0 Å². The summed E-state index contributed by atoms with van der Waals surface area (Å²) < 4.78 is 4.81. The zero-order valence-electron chi connectivity index (χ0n) is 7.90. The van der Waals surface area contributed by atoms with Gasteiger partial charge in [-0.05, 0) is 23.2 Å². The average Bonchev–Trinajstić information content (AvgIpc) is 2.16. The minimum atomic E-state index is -0.568. The first-order valence-corrected chi connectivity index (χ1v) is 4.42. The Kier molecular flexibility index (Phi) is 3.62. The molecule has 0 aliphatic heterocycles. The SMILES string of the molecule is COc1ccc(CC(=O)Cl)cc1[N+](=O)[O-]. The summed E-state index contributed by atoms with van der Waals surface area (Å²) in [5.74, 6) is 0.158. The van der Waals surface area contributed by atoms with E-state index in [1.54, 1.807) is 6.07 Å². The Morgan fingerprint density at radius 3 is 2.73 bits per heavy atom. The minimum Gasteiger partial charge on any atom is -0.490 e. The molecule has 0 radical (unpaired) electrons. The lowest BCUT2D eigenvalue weighted by atomic mass is 10.1. The van der Waals surface area contributed by atoms with E-state index in [2.05, 4.69) is 0 Å². The van der Waals surface area contributed by atoms with Crippen LogP contribution in [0.1, 0.15) is 5.56 Å². The molecule has 0 saturated carbocycles. The van der Waals surface area contributed by atoms with Crippen molar-refractivity contribution in [1.82, 2.24) is 0 Å². The molecular weight excluding hydrogens is 222 g/mol. The number of carbonyl (C=O) groups is 1. The van der Waals surface area contributed by atoms with E-state index in [0.29, 0.717) is 5.56 Å². The van der Waals surface area contributed by atoms with E-state index in [4.69, 9.17) is 16.3 Å². The predicted molar refractivity (Wildman–Crippen MR) is 54.2 cm³/mol. The van der Waals surface area contributed by atoms with Crippen molar-refractivity contribution >= 4 is 22.5 Å². The van der Waals surface area contributed by atoms with E-state index < -0.39 is 10.2 Å². The summed E-state index contributed by atoms with van der Waals surface area (Å²) in [7, 11) is 1.34. The largest absolute Gasteiger partial charge is 0.490 e. The molecule has 0 N–H and O–H groups in total. The topological polar surface area (TPSA) is 69.4 Å². The van der Waals surface area contributed by atoms with Gasteiger partial charge in [0.05, 0.1) is 12.0 Å². The van der Waals surface area contributed by atoms with Crippen LogP contribution in [0.4, 0.5) is 5.69 Å². The highest BCUT2D eigenvalue weighted by atomic mass is 35.5. The molecule has 5 nitrogen and oxygen atoms in total. The number of methoxy groups -OCH3 is 1. The maximum Gasteiger partial charge on any atom is 0.311 e. The number of nitro benzene ring substituents is 1. The van der Waals surface area contributed by atoms with Crippen LogP contribution in [-0.4, -0.2) is 17.3 Å². The lowest BCUT2D eigenvalue weighted by molar-refractivity contribution is -0.385. The summed E-state index contributed by atoms with van der Waals surface area (Å²) in [6.07, 6.45) is -0.0353. The van der Waals surface area contributed by atoms with Gasteiger partial charge in [-0.3, -0.25) is 14.9 Å². The Morgan fingerprint density at radius 2 is 2.27 bits per heavy atom. The first kappa shape index (κ1) is 11.5. The number of benzene rings is 1. The van der Waals surface area contributed by atoms with E-state index in [-0.39, 0.29) is 17.9 Å². The number of nitrogens with zero attached hydrogens (tertiary/aromatic N) is 1. The third-order valence-corrected chi connectivity index (χ3v) is 1.92. The second kappa shape index (κ2) is 4.75. The fourth-order valence-electron chi connectivity index (χ4n) is 1.15. The van der Waals surface area contributed by atoms with Crippen LogP contribution in [0.15, 0.2) is 18.2 Å². The van der Waals surface area contributed by atoms with Crippen molar-refractivity contribution in [1.29, 1.82) is 0 Å². The molecule has 0 unspecified atom stereocenters. The summed E-state index contributed by atoms with van der Waals surface area (Å²) in [6.45, 7) is 0. The van der Waals surface area contributed by atoms with Crippen molar-refractivity contribution in [2.45, 2.75) is 6.42 Å². The van der Waals surface area contributed by atoms with Gasteiger partial charge in [0, 0.05) is 12.5 Å². The highest BCUT2D eigenvalue weighted by Gasteiger charge is 2.15. The Balaban J connectivity index is 3.10. The molecule has 15 heavy (non-hydrogen) atoms. The maximum absolute atomic E-state index is 10.6. The smallest absolute Gasteiger partial charge is 0.311 e. The van der Waals surface area contributed by atoms with Gasteiger partial charge in [-0.15, -0.1) is 0 Å². The van der Waals surface area contributed by atoms with Crippen molar-refractivity contribution in [2.24, 2.45) is 0 Å². The van der Waals surface area contributed by atoms with Gasteiger partial charge in [0.1, 0.15) is 0 Å².